The van der Waals surface area contributed by atoms with Crippen LogP contribution >= 0.6 is 0 Å². The second-order valence-electron chi connectivity index (χ2n) is 7.87. The smallest absolute Gasteiger partial charge is 0.277 e. The molecule has 0 saturated heterocycles. The fourth-order valence-electron chi connectivity index (χ4n) is 3.11. The van der Waals surface area contributed by atoms with Crippen LogP contribution in [0.4, 0.5) is 0 Å². The van der Waals surface area contributed by atoms with Gasteiger partial charge in [0.05, 0.1) is 11.2 Å². The summed E-state index contributed by atoms with van der Waals surface area (Å²) in [4.78, 5) is 15.6. The third kappa shape index (κ3) is 11.3. The average Bonchev–Trinajstić information content (AvgIpc) is 2.76. The van der Waals surface area contributed by atoms with Crippen LogP contribution < -0.4 is 23.4 Å². The Morgan fingerprint density at radius 2 is 1.59 bits per heavy atom. The van der Waals surface area contributed by atoms with Gasteiger partial charge >= 0.3 is 0 Å². The van der Waals surface area contributed by atoms with Crippen molar-refractivity contribution in [2.24, 2.45) is 0 Å². The summed E-state index contributed by atoms with van der Waals surface area (Å²) in [7, 11) is -2.92. The van der Waals surface area contributed by atoms with Gasteiger partial charge in [0.1, 0.15) is 22.8 Å². The van der Waals surface area contributed by atoms with E-state index >= 15 is 0 Å². The Bertz CT molecular complexity index is 889. The van der Waals surface area contributed by atoms with Gasteiger partial charge in [-0.1, -0.05) is 61.4 Å². The minimum absolute atomic E-state index is 0.0780. The summed E-state index contributed by atoms with van der Waals surface area (Å²) in [6, 6.07) is 17.3. The molecular weight excluding hydrogens is 500 g/mol. The lowest BCUT2D eigenvalue weighted by atomic mass is 10.0. The Morgan fingerprint density at radius 1 is 1.06 bits per heavy atom. The van der Waals surface area contributed by atoms with Crippen LogP contribution in [0.2, 0.25) is 0 Å². The second-order valence-corrected chi connectivity index (χ2v) is 12.2. The summed E-state index contributed by atoms with van der Waals surface area (Å²) in [6.45, 7) is 4.18. The van der Waals surface area contributed by atoms with E-state index in [4.69, 9.17) is 18.6 Å². The second kappa shape index (κ2) is 14.8. The first kappa shape index (κ1) is 30.5. The van der Waals surface area contributed by atoms with E-state index < -0.39 is 21.2 Å². The number of carbonyl (C=O) groups excluding carboxylic acids is 1. The van der Waals surface area contributed by atoms with Crippen molar-refractivity contribution in [1.29, 1.82) is 0 Å². The van der Waals surface area contributed by atoms with Gasteiger partial charge in [-0.2, -0.15) is 0 Å². The Hall–Kier alpha value is -1.50. The lowest BCUT2D eigenvalue weighted by Crippen LogP contribution is -2.68. The SMILES string of the molecule is CCCC[S+](C)[C@H](C(=O)N(C)C)[C@H](NS(=O)c1ccc(C)cc1)c1ccccc1.[O-][Cl+3]([O-])([O-])[O-]. The highest BCUT2D eigenvalue weighted by atomic mass is 35.7. The normalized spacial score (nSPS) is 14.9. The zero-order valence-corrected chi connectivity index (χ0v) is 22.5. The van der Waals surface area contributed by atoms with Crippen molar-refractivity contribution in [3.05, 3.63) is 65.7 Å². The highest BCUT2D eigenvalue weighted by Gasteiger charge is 2.42. The monoisotopic (exact) mass is 532 g/mol. The summed E-state index contributed by atoms with van der Waals surface area (Å²) in [6.07, 6.45) is 4.34. The van der Waals surface area contributed by atoms with Crippen molar-refractivity contribution in [2.75, 3.05) is 26.1 Å². The number of halogens is 1. The van der Waals surface area contributed by atoms with Gasteiger partial charge < -0.3 is 4.90 Å². The molecule has 0 aromatic heterocycles. The van der Waals surface area contributed by atoms with Crippen molar-refractivity contribution in [3.63, 3.8) is 0 Å². The zero-order chi connectivity index (χ0) is 25.9. The van der Waals surface area contributed by atoms with Crippen molar-refractivity contribution >= 4 is 27.8 Å². The number of nitrogens with zero attached hydrogens (tertiary/aromatic N) is 1. The van der Waals surface area contributed by atoms with Gasteiger partial charge in [0.15, 0.2) is 0 Å². The number of hydrogen-bond donors (Lipinski definition) is 1. The number of hydrogen-bond acceptors (Lipinski definition) is 6. The minimum Gasteiger partial charge on any atom is -0.344 e. The van der Waals surface area contributed by atoms with Gasteiger partial charge in [0.2, 0.25) is 5.25 Å². The quantitative estimate of drug-likeness (QED) is 0.393. The molecule has 2 aromatic carbocycles. The first-order valence-electron chi connectivity index (χ1n) is 10.6. The summed E-state index contributed by atoms with van der Waals surface area (Å²) in [5, 5.41) is -0.270. The van der Waals surface area contributed by atoms with Crippen LogP contribution in [0.25, 0.3) is 0 Å². The summed E-state index contributed by atoms with van der Waals surface area (Å²) >= 11 is 0. The Balaban J connectivity index is 0.00000104. The van der Waals surface area contributed by atoms with Crippen LogP contribution in [0.15, 0.2) is 59.5 Å². The van der Waals surface area contributed by atoms with Crippen molar-refractivity contribution in [3.8, 4) is 0 Å². The summed E-state index contributed by atoms with van der Waals surface area (Å²) in [5.74, 6) is 1.07. The first-order valence-corrected chi connectivity index (χ1v) is 14.8. The molecule has 0 radical (unpaired) electrons. The predicted molar refractivity (Wildman–Crippen MR) is 125 cm³/mol. The van der Waals surface area contributed by atoms with Crippen LogP contribution in [0, 0.1) is 17.2 Å². The number of benzene rings is 2. The third-order valence-electron chi connectivity index (χ3n) is 4.87. The molecule has 0 fully saturated rings. The summed E-state index contributed by atoms with van der Waals surface area (Å²) < 4.78 is 50.4. The van der Waals surface area contributed by atoms with Gasteiger partial charge in [0.25, 0.3) is 5.91 Å². The molecule has 2 unspecified atom stereocenters. The van der Waals surface area contributed by atoms with E-state index in [1.807, 2.05) is 61.5 Å². The number of nitrogens with one attached hydrogen (secondary N) is 1. The Morgan fingerprint density at radius 3 is 2.06 bits per heavy atom. The molecule has 0 aliphatic rings. The lowest BCUT2D eigenvalue weighted by molar-refractivity contribution is -2.00. The van der Waals surface area contributed by atoms with E-state index in [0.717, 1.165) is 34.6 Å². The fourth-order valence-corrected chi connectivity index (χ4v) is 6.46. The largest absolute Gasteiger partial charge is 0.344 e. The van der Waals surface area contributed by atoms with E-state index in [1.165, 1.54) is 0 Å². The van der Waals surface area contributed by atoms with Crippen LogP contribution in [0.3, 0.4) is 0 Å². The molecule has 11 heteroatoms. The van der Waals surface area contributed by atoms with Gasteiger partial charge in [-0.3, -0.25) is 4.79 Å². The van der Waals surface area contributed by atoms with Crippen LogP contribution in [0.5, 0.6) is 0 Å². The molecule has 2 aromatic rings. The molecule has 4 atom stereocenters. The van der Waals surface area contributed by atoms with Crippen molar-refractivity contribution in [1.82, 2.24) is 9.62 Å². The molecule has 0 spiro atoms. The van der Waals surface area contributed by atoms with Crippen LogP contribution in [-0.4, -0.2) is 46.4 Å². The fraction of sp³-hybridized carbons (Fsp3) is 0.435. The van der Waals surface area contributed by atoms with E-state index in [2.05, 4.69) is 17.9 Å². The number of carbonyl (C=O) groups is 1. The topological polar surface area (TPSA) is 142 Å². The van der Waals surface area contributed by atoms with E-state index in [0.29, 0.717) is 0 Å². The molecule has 1 amide bonds. The van der Waals surface area contributed by atoms with Gasteiger partial charge in [-0.05, 0) is 41.9 Å². The Labute approximate surface area is 209 Å². The number of rotatable bonds is 10. The molecular formula is C23H33ClN2O6S2. The van der Waals surface area contributed by atoms with Gasteiger partial charge in [0, 0.05) is 14.1 Å². The van der Waals surface area contributed by atoms with E-state index in [1.54, 1.807) is 19.0 Å². The van der Waals surface area contributed by atoms with Gasteiger partial charge in [-0.15, -0.1) is 10.2 Å². The van der Waals surface area contributed by atoms with Crippen molar-refractivity contribution < 1.29 is 37.9 Å². The molecule has 190 valence electrons. The number of aryl methyl sites for hydroxylation is 1. The maximum Gasteiger partial charge on any atom is 0.277 e. The molecule has 1 N–H and O–H groups in total. The van der Waals surface area contributed by atoms with E-state index in [-0.39, 0.29) is 28.1 Å². The first-order chi connectivity index (χ1) is 15.8. The molecule has 8 nitrogen and oxygen atoms in total. The van der Waals surface area contributed by atoms with Crippen LogP contribution in [-0.2, 0) is 26.7 Å². The predicted octanol–water partition coefficient (Wildman–Crippen LogP) is -0.902. The lowest BCUT2D eigenvalue weighted by Gasteiger charge is -2.28. The minimum atomic E-state index is -4.94. The standard InChI is InChI=1S/C23H33N2O2S2.ClHO4/c1-6-7-17-28(5)22(23(26)25(3)4)21(19-11-9-8-10-12-19)24-29(27)20-15-13-18(2)14-16-20;2-1(3,4)5/h8-16,21-22,24H,6-7,17H2,1-5H3;(H,2,3,4,5)/q+1;/p-1/t21-,22+,28?,29?;/m1./s1. The molecule has 2 rings (SSSR count). The zero-order valence-electron chi connectivity index (χ0n) is 20.1. The highest BCUT2D eigenvalue weighted by Crippen LogP contribution is 2.27. The molecule has 0 heterocycles. The van der Waals surface area contributed by atoms with Crippen LogP contribution in [0.1, 0.15) is 36.9 Å². The molecule has 0 saturated carbocycles. The number of amides is 1. The summed E-state index contributed by atoms with van der Waals surface area (Å²) in [5.41, 5.74) is 2.12. The highest BCUT2D eigenvalue weighted by molar-refractivity contribution is 7.97. The maximum atomic E-state index is 13.2. The third-order valence-corrected chi connectivity index (χ3v) is 8.31. The maximum absolute atomic E-state index is 13.2. The molecule has 34 heavy (non-hydrogen) atoms. The van der Waals surface area contributed by atoms with Gasteiger partial charge in [-0.25, -0.2) is 27.6 Å². The average molecular weight is 533 g/mol. The molecule has 0 bridgehead atoms. The molecule has 0 aliphatic heterocycles. The molecule has 0 aliphatic carbocycles. The van der Waals surface area contributed by atoms with Crippen molar-refractivity contribution in [2.45, 2.75) is 42.9 Å². The number of unbranched alkanes of at least 4 members (excludes halogenated alkanes) is 1. The Kier molecular flexibility index (Phi) is 13.3. The van der Waals surface area contributed by atoms with E-state index in [9.17, 15) is 9.00 Å².